The van der Waals surface area contributed by atoms with E-state index < -0.39 is 11.2 Å². The number of amides is 2. The van der Waals surface area contributed by atoms with Gasteiger partial charge in [-0.1, -0.05) is 12.2 Å². The van der Waals surface area contributed by atoms with Gasteiger partial charge < -0.3 is 28.6 Å². The van der Waals surface area contributed by atoms with E-state index in [4.69, 9.17) is 18.8 Å². The van der Waals surface area contributed by atoms with E-state index in [0.29, 0.717) is 26.2 Å². The Morgan fingerprint density at radius 2 is 1.34 bits per heavy atom. The van der Waals surface area contributed by atoms with Gasteiger partial charge in [0.2, 0.25) is 0 Å². The fourth-order valence-electron chi connectivity index (χ4n) is 3.97. The standard InChI is InChI=1S/C15H26BNO4.C12H16N2O2S.C3H2BrNS/c1-13(2,3)19-12(18)17-9-8-11(10-17)16-20-14(4,5)15(6,7)21-16;1-12(2,3)16-11(15)14-6-4-9(8-14)10-13-5-7-17-10;4-3-5-1-2-6-3/h8H,9-10H2,1-7H3;4-5,7H,6,8H2,1-3H3;1-2H. The third-order valence-corrected chi connectivity index (χ3v) is 9.01. The molecule has 10 nitrogen and oxygen atoms in total. The molecule has 0 atom stereocenters. The summed E-state index contributed by atoms with van der Waals surface area (Å²) in [5, 5.41) is 4.84. The minimum atomic E-state index is -0.482. The summed E-state index contributed by atoms with van der Waals surface area (Å²) in [6.45, 7) is 21.5. The zero-order valence-corrected chi connectivity index (χ0v) is 30.5. The van der Waals surface area contributed by atoms with Crippen LogP contribution in [-0.4, -0.2) is 87.7 Å². The molecule has 2 aromatic heterocycles. The Morgan fingerprint density at radius 3 is 1.77 bits per heavy atom. The molecule has 242 valence electrons. The second-order valence-electron chi connectivity index (χ2n) is 13.4. The van der Waals surface area contributed by atoms with Gasteiger partial charge in [0.05, 0.1) is 17.7 Å². The zero-order valence-electron chi connectivity index (χ0n) is 27.3. The maximum absolute atomic E-state index is 12.1. The first-order chi connectivity index (χ1) is 20.3. The highest BCUT2D eigenvalue weighted by Crippen LogP contribution is 2.39. The molecule has 0 aliphatic carbocycles. The van der Waals surface area contributed by atoms with Crippen LogP contribution in [0.3, 0.4) is 0 Å². The quantitative estimate of drug-likeness (QED) is 0.296. The molecule has 0 aromatic carbocycles. The maximum atomic E-state index is 12.1. The lowest BCUT2D eigenvalue weighted by Crippen LogP contribution is -2.41. The van der Waals surface area contributed by atoms with Crippen LogP contribution in [0.5, 0.6) is 0 Å². The van der Waals surface area contributed by atoms with Gasteiger partial charge in [-0.25, -0.2) is 19.6 Å². The minimum Gasteiger partial charge on any atom is -0.444 e. The van der Waals surface area contributed by atoms with Gasteiger partial charge in [0, 0.05) is 48.4 Å². The van der Waals surface area contributed by atoms with Crippen LogP contribution < -0.4 is 0 Å². The van der Waals surface area contributed by atoms with Gasteiger partial charge >= 0.3 is 19.3 Å². The van der Waals surface area contributed by atoms with E-state index in [1.807, 2.05) is 92.1 Å². The van der Waals surface area contributed by atoms with Crippen LogP contribution in [0, 0.1) is 0 Å². The maximum Gasteiger partial charge on any atom is 0.492 e. The van der Waals surface area contributed by atoms with Crippen molar-refractivity contribution >= 4 is 63.5 Å². The Balaban J connectivity index is 0.000000205. The molecule has 1 saturated heterocycles. The second-order valence-corrected chi connectivity index (χ2v) is 16.5. The summed E-state index contributed by atoms with van der Waals surface area (Å²) >= 11 is 6.36. The third-order valence-electron chi connectivity index (χ3n) is 6.84. The molecule has 0 bridgehead atoms. The molecular formula is C30H44BBrN4O6S2. The summed E-state index contributed by atoms with van der Waals surface area (Å²) in [5.74, 6) is 0. The van der Waals surface area contributed by atoms with Crippen molar-refractivity contribution in [2.45, 2.75) is 91.6 Å². The highest BCUT2D eigenvalue weighted by molar-refractivity contribution is 9.11. The van der Waals surface area contributed by atoms with Crippen LogP contribution in [0.4, 0.5) is 9.59 Å². The number of thiazole rings is 2. The van der Waals surface area contributed by atoms with Crippen molar-refractivity contribution in [3.8, 4) is 0 Å². The predicted molar refractivity (Wildman–Crippen MR) is 180 cm³/mol. The SMILES string of the molecule is Brc1nccs1.CC(C)(C)OC(=O)N1CC=C(B2OC(C)(C)C(C)(C)O2)C1.CC(C)(C)OC(=O)N1CC=C(c2nccs2)C1. The molecule has 3 aliphatic rings. The predicted octanol–water partition coefficient (Wildman–Crippen LogP) is 7.48. The second kappa shape index (κ2) is 14.4. The van der Waals surface area contributed by atoms with Crippen molar-refractivity contribution < 1.29 is 28.4 Å². The molecule has 1 fully saturated rings. The highest BCUT2D eigenvalue weighted by atomic mass is 79.9. The Kier molecular flexibility index (Phi) is 11.9. The summed E-state index contributed by atoms with van der Waals surface area (Å²) in [7, 11) is -0.387. The first-order valence-electron chi connectivity index (χ1n) is 14.4. The number of nitrogens with zero attached hydrogens (tertiary/aromatic N) is 4. The lowest BCUT2D eigenvalue weighted by Gasteiger charge is -2.32. The monoisotopic (exact) mass is 710 g/mol. The summed E-state index contributed by atoms with van der Waals surface area (Å²) in [5.41, 5.74) is 0.436. The summed E-state index contributed by atoms with van der Waals surface area (Å²) < 4.78 is 23.7. The smallest absolute Gasteiger partial charge is 0.444 e. The number of hydrogen-bond acceptors (Lipinski definition) is 10. The number of hydrogen-bond donors (Lipinski definition) is 0. The fraction of sp³-hybridized carbons (Fsp3) is 0.600. The number of ether oxygens (including phenoxy) is 2. The lowest BCUT2D eigenvalue weighted by molar-refractivity contribution is 0.00578. The molecule has 0 unspecified atom stereocenters. The number of aromatic nitrogens is 2. The van der Waals surface area contributed by atoms with E-state index in [1.165, 1.54) is 0 Å². The van der Waals surface area contributed by atoms with E-state index in [1.54, 1.807) is 44.9 Å². The van der Waals surface area contributed by atoms with Crippen LogP contribution >= 0.6 is 38.6 Å². The largest absolute Gasteiger partial charge is 0.492 e. The van der Waals surface area contributed by atoms with Crippen molar-refractivity contribution in [3.05, 3.63) is 49.7 Å². The van der Waals surface area contributed by atoms with E-state index in [-0.39, 0.29) is 30.5 Å². The van der Waals surface area contributed by atoms with Crippen molar-refractivity contribution in [2.24, 2.45) is 0 Å². The fourth-order valence-corrected chi connectivity index (χ4v) is 5.44. The molecule has 3 aliphatic heterocycles. The van der Waals surface area contributed by atoms with E-state index >= 15 is 0 Å². The van der Waals surface area contributed by atoms with Crippen LogP contribution in [-0.2, 0) is 18.8 Å². The van der Waals surface area contributed by atoms with E-state index in [2.05, 4.69) is 25.9 Å². The lowest BCUT2D eigenvalue weighted by atomic mass is 9.79. The van der Waals surface area contributed by atoms with E-state index in [9.17, 15) is 9.59 Å². The third kappa shape index (κ3) is 10.7. The number of carbonyl (C=O) groups is 2. The molecule has 5 heterocycles. The van der Waals surface area contributed by atoms with Crippen molar-refractivity contribution in [1.82, 2.24) is 19.8 Å². The molecule has 0 radical (unpaired) electrons. The molecule has 2 amide bonds. The Hall–Kier alpha value is -2.26. The van der Waals surface area contributed by atoms with Crippen molar-refractivity contribution in [3.63, 3.8) is 0 Å². The Bertz CT molecular complexity index is 1300. The van der Waals surface area contributed by atoms with Gasteiger partial charge in [-0.05, 0) is 90.6 Å². The number of halogens is 1. The van der Waals surface area contributed by atoms with Crippen molar-refractivity contribution in [2.75, 3.05) is 26.2 Å². The average molecular weight is 712 g/mol. The van der Waals surface area contributed by atoms with Crippen molar-refractivity contribution in [1.29, 1.82) is 0 Å². The normalized spacial score (nSPS) is 18.9. The molecule has 14 heteroatoms. The highest BCUT2D eigenvalue weighted by Gasteiger charge is 2.53. The molecule has 2 aromatic rings. The van der Waals surface area contributed by atoms with Gasteiger partial charge in [-0.2, -0.15) is 0 Å². The van der Waals surface area contributed by atoms with Crippen LogP contribution in [0.1, 0.15) is 74.2 Å². The van der Waals surface area contributed by atoms with Crippen LogP contribution in [0.2, 0.25) is 0 Å². The first kappa shape index (κ1) is 36.2. The number of carbonyl (C=O) groups excluding carboxylic acids is 2. The molecule has 5 rings (SSSR count). The van der Waals surface area contributed by atoms with Gasteiger partial charge in [-0.15, -0.1) is 22.7 Å². The number of rotatable bonds is 2. The van der Waals surface area contributed by atoms with Gasteiger partial charge in [0.15, 0.2) is 3.92 Å². The van der Waals surface area contributed by atoms with Crippen LogP contribution in [0.15, 0.2) is 44.7 Å². The molecule has 0 spiro atoms. The van der Waals surface area contributed by atoms with Crippen LogP contribution in [0.25, 0.3) is 5.57 Å². The molecule has 0 saturated carbocycles. The topological polar surface area (TPSA) is 103 Å². The van der Waals surface area contributed by atoms with E-state index in [0.717, 1.165) is 20.0 Å². The summed E-state index contributed by atoms with van der Waals surface area (Å²) in [6, 6.07) is 0. The summed E-state index contributed by atoms with van der Waals surface area (Å²) in [6.07, 6.45) is 6.99. The first-order valence-corrected chi connectivity index (χ1v) is 17.0. The van der Waals surface area contributed by atoms with Gasteiger partial charge in [0.25, 0.3) is 0 Å². The molecule has 44 heavy (non-hydrogen) atoms. The minimum absolute atomic E-state index is 0.264. The van der Waals surface area contributed by atoms with Gasteiger partial charge in [-0.3, -0.25) is 0 Å². The molecule has 0 N–H and O–H groups in total. The van der Waals surface area contributed by atoms with Gasteiger partial charge in [0.1, 0.15) is 16.2 Å². The Labute approximate surface area is 278 Å². The summed E-state index contributed by atoms with van der Waals surface area (Å²) in [4.78, 5) is 35.3. The zero-order chi connectivity index (χ0) is 32.9. The Morgan fingerprint density at radius 1 is 0.841 bits per heavy atom. The average Bonchev–Trinajstić information content (AvgIpc) is 3.70. The molecular weight excluding hydrogens is 667 g/mol.